The van der Waals surface area contributed by atoms with Crippen LogP contribution >= 0.6 is 0 Å². The summed E-state index contributed by atoms with van der Waals surface area (Å²) in [5, 5.41) is 10.6. The zero-order chi connectivity index (χ0) is 23.2. The molecule has 0 spiro atoms. The van der Waals surface area contributed by atoms with Crippen LogP contribution in [0.1, 0.15) is 17.3 Å². The van der Waals surface area contributed by atoms with E-state index >= 15 is 0 Å². The zero-order valence-corrected chi connectivity index (χ0v) is 18.3. The fourth-order valence-corrected chi connectivity index (χ4v) is 3.08. The molecular weight excluding hydrogens is 424 g/mol. The SMILES string of the molecule is CCOC(=O)c1cnc(Nc2ccncc2)nc1Nc1cccc(-c2ncn(C)n2)c1OC. The molecule has 0 bridgehead atoms. The van der Waals surface area contributed by atoms with Crippen molar-refractivity contribution >= 4 is 29.1 Å². The summed E-state index contributed by atoms with van der Waals surface area (Å²) in [5.41, 5.74) is 2.19. The van der Waals surface area contributed by atoms with Crippen LogP contribution in [0.25, 0.3) is 11.4 Å². The summed E-state index contributed by atoms with van der Waals surface area (Å²) in [4.78, 5) is 29.6. The second-order valence-electron chi connectivity index (χ2n) is 6.79. The maximum Gasteiger partial charge on any atom is 0.343 e. The maximum atomic E-state index is 12.5. The van der Waals surface area contributed by atoms with Gasteiger partial charge in [-0.15, -0.1) is 0 Å². The van der Waals surface area contributed by atoms with Gasteiger partial charge in [0.1, 0.15) is 11.9 Å². The molecule has 0 amide bonds. The van der Waals surface area contributed by atoms with E-state index in [0.717, 1.165) is 5.69 Å². The molecule has 0 saturated heterocycles. The smallest absolute Gasteiger partial charge is 0.343 e. The van der Waals surface area contributed by atoms with Gasteiger partial charge in [0.2, 0.25) is 5.95 Å². The van der Waals surface area contributed by atoms with E-state index in [4.69, 9.17) is 9.47 Å². The number of rotatable bonds is 8. The Labute approximate surface area is 189 Å². The van der Waals surface area contributed by atoms with Crippen molar-refractivity contribution in [3.63, 3.8) is 0 Å². The van der Waals surface area contributed by atoms with E-state index in [1.165, 1.54) is 6.20 Å². The number of hydrogen-bond acceptors (Lipinski definition) is 10. The van der Waals surface area contributed by atoms with Gasteiger partial charge in [0.15, 0.2) is 17.4 Å². The first-order valence-corrected chi connectivity index (χ1v) is 10.1. The Morgan fingerprint density at radius 2 is 1.94 bits per heavy atom. The number of benzene rings is 1. The third-order valence-electron chi connectivity index (χ3n) is 4.53. The Morgan fingerprint density at radius 3 is 2.64 bits per heavy atom. The Bertz CT molecular complexity index is 1260. The molecule has 3 aromatic heterocycles. The van der Waals surface area contributed by atoms with E-state index in [1.807, 2.05) is 12.1 Å². The molecular formula is C22H22N8O3. The van der Waals surface area contributed by atoms with E-state index in [-0.39, 0.29) is 18.0 Å². The second kappa shape index (κ2) is 9.73. The van der Waals surface area contributed by atoms with Crippen LogP contribution in [0.5, 0.6) is 5.75 Å². The average Bonchev–Trinajstić information content (AvgIpc) is 3.26. The molecule has 0 aliphatic rings. The van der Waals surface area contributed by atoms with Crippen LogP contribution in [0.2, 0.25) is 0 Å². The van der Waals surface area contributed by atoms with Crippen molar-refractivity contribution < 1.29 is 14.3 Å². The third kappa shape index (κ3) is 4.87. The summed E-state index contributed by atoms with van der Waals surface area (Å²) in [7, 11) is 3.34. The van der Waals surface area contributed by atoms with Crippen LogP contribution in [-0.2, 0) is 11.8 Å². The van der Waals surface area contributed by atoms with Crippen molar-refractivity contribution in [3.05, 3.63) is 60.8 Å². The predicted octanol–water partition coefficient (Wildman–Crippen LogP) is 3.34. The molecule has 0 atom stereocenters. The van der Waals surface area contributed by atoms with Gasteiger partial charge in [-0.25, -0.2) is 14.8 Å². The maximum absolute atomic E-state index is 12.5. The quantitative estimate of drug-likeness (QED) is 0.389. The highest BCUT2D eigenvalue weighted by Crippen LogP contribution is 2.36. The van der Waals surface area contributed by atoms with Crippen molar-refractivity contribution in [2.75, 3.05) is 24.4 Å². The summed E-state index contributed by atoms with van der Waals surface area (Å²) in [6.07, 6.45) is 6.32. The average molecular weight is 446 g/mol. The highest BCUT2D eigenvalue weighted by molar-refractivity contribution is 5.96. The number of esters is 1. The topological polar surface area (TPSA) is 129 Å². The number of hydrogen-bond donors (Lipinski definition) is 2. The number of ether oxygens (including phenoxy) is 2. The number of methoxy groups -OCH3 is 1. The first-order valence-electron chi connectivity index (χ1n) is 10.1. The number of carbonyl (C=O) groups excluding carboxylic acids is 1. The van der Waals surface area contributed by atoms with Crippen molar-refractivity contribution in [2.24, 2.45) is 7.05 Å². The minimum Gasteiger partial charge on any atom is -0.494 e. The molecule has 0 aliphatic carbocycles. The third-order valence-corrected chi connectivity index (χ3v) is 4.53. The van der Waals surface area contributed by atoms with Gasteiger partial charge in [0.05, 0.1) is 25.0 Å². The lowest BCUT2D eigenvalue weighted by Gasteiger charge is -2.16. The van der Waals surface area contributed by atoms with Gasteiger partial charge in [-0.3, -0.25) is 9.67 Å². The molecule has 0 aliphatic heterocycles. The van der Waals surface area contributed by atoms with E-state index in [1.54, 1.807) is 62.7 Å². The lowest BCUT2D eigenvalue weighted by atomic mass is 10.1. The predicted molar refractivity (Wildman–Crippen MR) is 122 cm³/mol. The Kier molecular flexibility index (Phi) is 6.39. The Hall–Kier alpha value is -4.54. The largest absolute Gasteiger partial charge is 0.494 e. The van der Waals surface area contributed by atoms with Crippen molar-refractivity contribution in [1.29, 1.82) is 0 Å². The van der Waals surface area contributed by atoms with Crippen LogP contribution in [0, 0.1) is 0 Å². The van der Waals surface area contributed by atoms with Crippen LogP contribution in [0.3, 0.4) is 0 Å². The second-order valence-corrected chi connectivity index (χ2v) is 6.79. The van der Waals surface area contributed by atoms with Crippen LogP contribution < -0.4 is 15.4 Å². The van der Waals surface area contributed by atoms with Gasteiger partial charge >= 0.3 is 5.97 Å². The first-order chi connectivity index (χ1) is 16.1. The molecule has 33 heavy (non-hydrogen) atoms. The van der Waals surface area contributed by atoms with Crippen LogP contribution in [0.15, 0.2) is 55.2 Å². The number of nitrogens with zero attached hydrogens (tertiary/aromatic N) is 6. The molecule has 1 aromatic carbocycles. The summed E-state index contributed by atoms with van der Waals surface area (Å²) >= 11 is 0. The number of nitrogens with one attached hydrogen (secondary N) is 2. The molecule has 0 unspecified atom stereocenters. The lowest BCUT2D eigenvalue weighted by molar-refractivity contribution is 0.0526. The number of pyridine rings is 1. The number of anilines is 4. The molecule has 3 heterocycles. The number of carbonyl (C=O) groups is 1. The molecule has 4 rings (SSSR count). The standard InChI is InChI=1S/C22H22N8O3/c1-4-33-21(31)16-12-24-22(26-14-8-10-23-11-9-14)28-20(16)27-17-7-5-6-15(18(17)32-3)19-25-13-30(2)29-19/h5-13H,4H2,1-3H3,(H2,23,24,26,27,28). The molecule has 11 heteroatoms. The van der Waals surface area contributed by atoms with Crippen molar-refractivity contribution in [1.82, 2.24) is 29.7 Å². The van der Waals surface area contributed by atoms with Gasteiger partial charge in [0, 0.05) is 31.3 Å². The van der Waals surface area contributed by atoms with Gasteiger partial charge in [-0.05, 0) is 31.2 Å². The lowest BCUT2D eigenvalue weighted by Crippen LogP contribution is -2.12. The van der Waals surface area contributed by atoms with Crippen molar-refractivity contribution in [2.45, 2.75) is 6.92 Å². The summed E-state index contributed by atoms with van der Waals surface area (Å²) < 4.78 is 12.4. The molecule has 0 radical (unpaired) electrons. The van der Waals surface area contributed by atoms with E-state index < -0.39 is 5.97 Å². The summed E-state index contributed by atoms with van der Waals surface area (Å²) in [6, 6.07) is 9.04. The van der Waals surface area contributed by atoms with E-state index in [2.05, 4.69) is 35.7 Å². The van der Waals surface area contributed by atoms with Crippen molar-refractivity contribution in [3.8, 4) is 17.1 Å². The Balaban J connectivity index is 1.74. The normalized spacial score (nSPS) is 10.5. The molecule has 0 fully saturated rings. The first kappa shape index (κ1) is 21.7. The van der Waals surface area contributed by atoms with E-state index in [0.29, 0.717) is 28.8 Å². The molecule has 2 N–H and O–H groups in total. The summed E-state index contributed by atoms with van der Waals surface area (Å²) in [6.45, 7) is 1.96. The molecule has 0 saturated carbocycles. The zero-order valence-electron chi connectivity index (χ0n) is 18.3. The molecule has 11 nitrogen and oxygen atoms in total. The fraction of sp³-hybridized carbons (Fsp3) is 0.182. The fourth-order valence-electron chi connectivity index (χ4n) is 3.08. The molecule has 168 valence electrons. The number of aryl methyl sites for hydroxylation is 1. The minimum absolute atomic E-state index is 0.181. The van der Waals surface area contributed by atoms with E-state index in [9.17, 15) is 4.79 Å². The van der Waals surface area contributed by atoms with Gasteiger partial charge in [-0.1, -0.05) is 6.07 Å². The van der Waals surface area contributed by atoms with Gasteiger partial charge in [-0.2, -0.15) is 10.1 Å². The number of aromatic nitrogens is 6. The van der Waals surface area contributed by atoms with Gasteiger partial charge < -0.3 is 20.1 Å². The van der Waals surface area contributed by atoms with Crippen LogP contribution in [0.4, 0.5) is 23.1 Å². The number of para-hydroxylation sites is 1. The highest BCUT2D eigenvalue weighted by Gasteiger charge is 2.20. The molecule has 4 aromatic rings. The van der Waals surface area contributed by atoms with Gasteiger partial charge in [0.25, 0.3) is 0 Å². The Morgan fingerprint density at radius 1 is 1.12 bits per heavy atom. The highest BCUT2D eigenvalue weighted by atomic mass is 16.5. The monoisotopic (exact) mass is 446 g/mol. The van der Waals surface area contributed by atoms with Crippen LogP contribution in [-0.4, -0.2) is 49.4 Å². The minimum atomic E-state index is -0.544. The summed E-state index contributed by atoms with van der Waals surface area (Å²) in [5.74, 6) is 1.01.